The number of nitrogens with one attached hydrogen (secondary N) is 1. The Kier molecular flexibility index (Phi) is 6.72. The van der Waals surface area contributed by atoms with Crippen molar-refractivity contribution in [1.29, 1.82) is 0 Å². The standard InChI is InChI=1S/C13H19N3O3S/c1-10(17)15-6-3-7-16(8-5-12(14)20)13(18)11-4-2-9-19-11/h2,4,9H,3,5-8H2,1H3,(H2,14,20)(H,15,17). The van der Waals surface area contributed by atoms with Gasteiger partial charge in [0.2, 0.25) is 5.91 Å². The summed E-state index contributed by atoms with van der Waals surface area (Å²) >= 11 is 4.83. The topological polar surface area (TPSA) is 88.6 Å². The zero-order valence-electron chi connectivity index (χ0n) is 11.4. The van der Waals surface area contributed by atoms with E-state index in [0.29, 0.717) is 37.5 Å². The van der Waals surface area contributed by atoms with Crippen molar-refractivity contribution in [3.63, 3.8) is 0 Å². The molecule has 1 aromatic heterocycles. The van der Waals surface area contributed by atoms with Gasteiger partial charge in [-0.3, -0.25) is 9.59 Å². The van der Waals surface area contributed by atoms with Gasteiger partial charge in [0.1, 0.15) is 0 Å². The number of nitrogens with zero attached hydrogens (tertiary/aromatic N) is 1. The van der Waals surface area contributed by atoms with Gasteiger partial charge in [-0.2, -0.15) is 0 Å². The predicted octanol–water partition coefficient (Wildman–Crippen LogP) is 0.924. The number of hydrogen-bond donors (Lipinski definition) is 2. The Morgan fingerprint density at radius 3 is 2.75 bits per heavy atom. The fraction of sp³-hybridized carbons (Fsp3) is 0.462. The molecule has 0 saturated heterocycles. The van der Waals surface area contributed by atoms with Crippen LogP contribution < -0.4 is 11.1 Å². The normalized spacial score (nSPS) is 10.1. The fourth-order valence-electron chi connectivity index (χ4n) is 1.65. The number of thiocarbonyl (C=S) groups is 1. The van der Waals surface area contributed by atoms with Gasteiger partial charge in [-0.15, -0.1) is 0 Å². The molecular weight excluding hydrogens is 278 g/mol. The van der Waals surface area contributed by atoms with Gasteiger partial charge in [0.25, 0.3) is 5.91 Å². The summed E-state index contributed by atoms with van der Waals surface area (Å²) in [5, 5.41) is 2.69. The van der Waals surface area contributed by atoms with Crippen molar-refractivity contribution >= 4 is 29.0 Å². The van der Waals surface area contributed by atoms with E-state index in [0.717, 1.165) is 0 Å². The highest BCUT2D eigenvalue weighted by atomic mass is 32.1. The van der Waals surface area contributed by atoms with Crippen molar-refractivity contribution in [1.82, 2.24) is 10.2 Å². The lowest BCUT2D eigenvalue weighted by Crippen LogP contribution is -2.36. The Balaban J connectivity index is 2.53. The Morgan fingerprint density at radius 1 is 1.45 bits per heavy atom. The summed E-state index contributed by atoms with van der Waals surface area (Å²) in [6, 6.07) is 3.28. The third kappa shape index (κ3) is 5.83. The molecule has 3 N–H and O–H groups in total. The SMILES string of the molecule is CC(=O)NCCCN(CCC(N)=S)C(=O)c1ccco1. The second-order valence-electron chi connectivity index (χ2n) is 4.32. The van der Waals surface area contributed by atoms with Crippen molar-refractivity contribution in [3.8, 4) is 0 Å². The quantitative estimate of drug-likeness (QED) is 0.550. The second-order valence-corrected chi connectivity index (χ2v) is 4.85. The number of carbonyl (C=O) groups is 2. The van der Waals surface area contributed by atoms with Gasteiger partial charge in [-0.05, 0) is 18.6 Å². The first kappa shape index (κ1) is 16.2. The molecule has 110 valence electrons. The van der Waals surface area contributed by atoms with E-state index in [4.69, 9.17) is 22.4 Å². The van der Waals surface area contributed by atoms with Gasteiger partial charge in [0.15, 0.2) is 5.76 Å². The predicted molar refractivity (Wildman–Crippen MR) is 79.3 cm³/mol. The molecule has 0 saturated carbocycles. The molecule has 0 aromatic carbocycles. The molecule has 0 aliphatic carbocycles. The van der Waals surface area contributed by atoms with E-state index in [1.807, 2.05) is 0 Å². The lowest BCUT2D eigenvalue weighted by molar-refractivity contribution is -0.118. The van der Waals surface area contributed by atoms with E-state index < -0.39 is 0 Å². The van der Waals surface area contributed by atoms with E-state index in [9.17, 15) is 9.59 Å². The highest BCUT2D eigenvalue weighted by Gasteiger charge is 2.17. The molecular formula is C13H19N3O3S. The first-order valence-electron chi connectivity index (χ1n) is 6.36. The van der Waals surface area contributed by atoms with Gasteiger partial charge in [-0.25, -0.2) is 0 Å². The molecule has 0 aliphatic rings. The number of furan rings is 1. The van der Waals surface area contributed by atoms with Crippen LogP contribution in [0.5, 0.6) is 0 Å². The highest BCUT2D eigenvalue weighted by molar-refractivity contribution is 7.80. The van der Waals surface area contributed by atoms with Crippen LogP contribution in [0.4, 0.5) is 0 Å². The largest absolute Gasteiger partial charge is 0.459 e. The molecule has 2 amide bonds. The molecule has 6 nitrogen and oxygen atoms in total. The average Bonchev–Trinajstić information content (AvgIpc) is 2.90. The van der Waals surface area contributed by atoms with Crippen LogP contribution in [-0.2, 0) is 4.79 Å². The molecule has 0 aliphatic heterocycles. The summed E-state index contributed by atoms with van der Waals surface area (Å²) in [4.78, 5) is 25.0. The zero-order valence-corrected chi connectivity index (χ0v) is 12.2. The number of rotatable bonds is 8. The third-order valence-corrected chi connectivity index (χ3v) is 2.83. The minimum Gasteiger partial charge on any atom is -0.459 e. The first-order valence-corrected chi connectivity index (χ1v) is 6.77. The zero-order chi connectivity index (χ0) is 15.0. The third-order valence-electron chi connectivity index (χ3n) is 2.63. The van der Waals surface area contributed by atoms with Crippen LogP contribution in [0.3, 0.4) is 0 Å². The fourth-order valence-corrected chi connectivity index (χ4v) is 1.74. The molecule has 0 atom stereocenters. The maximum Gasteiger partial charge on any atom is 0.289 e. The van der Waals surface area contributed by atoms with Crippen LogP contribution in [0.15, 0.2) is 22.8 Å². The van der Waals surface area contributed by atoms with E-state index >= 15 is 0 Å². The summed E-state index contributed by atoms with van der Waals surface area (Å²) in [6.07, 6.45) is 2.57. The average molecular weight is 297 g/mol. The van der Waals surface area contributed by atoms with Gasteiger partial charge < -0.3 is 20.4 Å². The van der Waals surface area contributed by atoms with Crippen LogP contribution in [0, 0.1) is 0 Å². The van der Waals surface area contributed by atoms with Crippen LogP contribution in [0.1, 0.15) is 30.3 Å². The van der Waals surface area contributed by atoms with Crippen molar-refractivity contribution in [2.24, 2.45) is 5.73 Å². The molecule has 0 spiro atoms. The van der Waals surface area contributed by atoms with Crippen molar-refractivity contribution in [3.05, 3.63) is 24.2 Å². The Labute approximate surface area is 123 Å². The van der Waals surface area contributed by atoms with Crippen LogP contribution in [0.2, 0.25) is 0 Å². The van der Waals surface area contributed by atoms with E-state index in [-0.39, 0.29) is 17.6 Å². The Hall–Kier alpha value is -1.89. The van der Waals surface area contributed by atoms with Crippen molar-refractivity contribution in [2.75, 3.05) is 19.6 Å². The second kappa shape index (κ2) is 8.31. The molecule has 1 aromatic rings. The van der Waals surface area contributed by atoms with E-state index in [1.165, 1.54) is 13.2 Å². The van der Waals surface area contributed by atoms with Crippen molar-refractivity contribution in [2.45, 2.75) is 19.8 Å². The van der Waals surface area contributed by atoms with Gasteiger partial charge in [-0.1, -0.05) is 12.2 Å². The Morgan fingerprint density at radius 2 is 2.20 bits per heavy atom. The van der Waals surface area contributed by atoms with E-state index in [1.54, 1.807) is 17.0 Å². The summed E-state index contributed by atoms with van der Waals surface area (Å²) in [7, 11) is 0. The number of amides is 2. The maximum atomic E-state index is 12.2. The number of hydrogen-bond acceptors (Lipinski definition) is 4. The molecule has 0 bridgehead atoms. The maximum absolute atomic E-state index is 12.2. The van der Waals surface area contributed by atoms with Gasteiger partial charge >= 0.3 is 0 Å². The van der Waals surface area contributed by atoms with Crippen LogP contribution in [0.25, 0.3) is 0 Å². The number of nitrogens with two attached hydrogens (primary N) is 1. The van der Waals surface area contributed by atoms with Gasteiger partial charge in [0, 0.05) is 33.0 Å². The highest BCUT2D eigenvalue weighted by Crippen LogP contribution is 2.07. The van der Waals surface area contributed by atoms with Crippen LogP contribution >= 0.6 is 12.2 Å². The van der Waals surface area contributed by atoms with Crippen molar-refractivity contribution < 1.29 is 14.0 Å². The minimum absolute atomic E-state index is 0.0861. The lowest BCUT2D eigenvalue weighted by Gasteiger charge is -2.21. The summed E-state index contributed by atoms with van der Waals surface area (Å²) in [5.41, 5.74) is 5.47. The minimum atomic E-state index is -0.200. The molecule has 0 radical (unpaired) electrons. The molecule has 20 heavy (non-hydrogen) atoms. The molecule has 0 fully saturated rings. The molecule has 1 heterocycles. The van der Waals surface area contributed by atoms with Gasteiger partial charge in [0.05, 0.1) is 11.3 Å². The smallest absolute Gasteiger partial charge is 0.289 e. The Bertz CT molecular complexity index is 459. The summed E-state index contributed by atoms with van der Waals surface area (Å²) < 4.78 is 5.10. The molecule has 0 unspecified atom stereocenters. The first-order chi connectivity index (χ1) is 9.50. The molecule has 1 rings (SSSR count). The number of carbonyl (C=O) groups excluding carboxylic acids is 2. The lowest BCUT2D eigenvalue weighted by atomic mass is 10.3. The molecule has 7 heteroatoms. The monoisotopic (exact) mass is 297 g/mol. The summed E-state index contributed by atoms with van der Waals surface area (Å²) in [5.74, 6) is -0.00131. The van der Waals surface area contributed by atoms with Crippen LogP contribution in [-0.4, -0.2) is 41.3 Å². The summed E-state index contributed by atoms with van der Waals surface area (Å²) in [6.45, 7) is 2.92. The van der Waals surface area contributed by atoms with E-state index in [2.05, 4.69) is 5.32 Å².